The predicted octanol–water partition coefficient (Wildman–Crippen LogP) is 5.89. The normalized spacial score (nSPS) is 32.5. The zero-order valence-electron chi connectivity index (χ0n) is 14.1. The van der Waals surface area contributed by atoms with E-state index in [4.69, 9.17) is 4.74 Å². The van der Waals surface area contributed by atoms with Crippen molar-refractivity contribution in [2.45, 2.75) is 57.5 Å². The molecule has 0 aromatic heterocycles. The van der Waals surface area contributed by atoms with E-state index in [1.165, 1.54) is 5.56 Å². The standard InChI is InChI=1S/C12H24P2.C7H6O/c1-11-5-3-7-13(11)9-10-14-8-4-6-12(14)2;1-2-4-7-6(3-1)5-8-7/h11-12H,3-10H2,1-2H3;1-4H,5H2. The Kier molecular flexibility index (Phi) is 6.17. The van der Waals surface area contributed by atoms with Gasteiger partial charge in [0.25, 0.3) is 0 Å². The highest BCUT2D eigenvalue weighted by Crippen LogP contribution is 2.55. The van der Waals surface area contributed by atoms with Gasteiger partial charge in [-0.25, -0.2) is 0 Å². The fourth-order valence-corrected chi connectivity index (χ4v) is 10.3. The molecular formula is C19H30OP2. The summed E-state index contributed by atoms with van der Waals surface area (Å²) in [5, 5.41) is 0. The van der Waals surface area contributed by atoms with E-state index in [1.807, 2.05) is 18.2 Å². The van der Waals surface area contributed by atoms with Crippen molar-refractivity contribution in [3.8, 4) is 5.75 Å². The molecule has 122 valence electrons. The molecule has 1 aromatic rings. The van der Waals surface area contributed by atoms with Gasteiger partial charge in [-0.1, -0.05) is 32.0 Å². The third-order valence-corrected chi connectivity index (χ3v) is 12.2. The molecule has 1 aromatic carbocycles. The SMILES string of the molecule is CC1CCCP1CCP1CCCC1C.c1ccc2c(c1)CO2. The third-order valence-electron chi connectivity index (χ3n) is 5.41. The maximum Gasteiger partial charge on any atom is 0.126 e. The molecule has 0 bridgehead atoms. The summed E-state index contributed by atoms with van der Waals surface area (Å²) < 4.78 is 5.08. The van der Waals surface area contributed by atoms with E-state index in [1.54, 1.807) is 50.3 Å². The maximum absolute atomic E-state index is 5.08. The van der Waals surface area contributed by atoms with Gasteiger partial charge in [0.05, 0.1) is 0 Å². The van der Waals surface area contributed by atoms with Gasteiger partial charge in [0.2, 0.25) is 0 Å². The van der Waals surface area contributed by atoms with Crippen LogP contribution in [0, 0.1) is 0 Å². The van der Waals surface area contributed by atoms with Gasteiger partial charge in [-0.3, -0.25) is 0 Å². The molecule has 3 heterocycles. The summed E-state index contributed by atoms with van der Waals surface area (Å²) in [7, 11) is 0.949. The second-order valence-electron chi connectivity index (χ2n) is 6.95. The topological polar surface area (TPSA) is 9.23 Å². The van der Waals surface area contributed by atoms with E-state index in [-0.39, 0.29) is 0 Å². The Balaban J connectivity index is 0.000000151. The molecule has 4 unspecified atom stereocenters. The lowest BCUT2D eigenvalue weighted by atomic mass is 10.1. The van der Waals surface area contributed by atoms with Crippen LogP contribution in [0.1, 0.15) is 45.1 Å². The van der Waals surface area contributed by atoms with Gasteiger partial charge in [-0.05, 0) is 67.7 Å². The van der Waals surface area contributed by atoms with Gasteiger partial charge >= 0.3 is 0 Å². The summed E-state index contributed by atoms with van der Waals surface area (Å²) >= 11 is 0. The van der Waals surface area contributed by atoms with Crippen LogP contribution in [-0.4, -0.2) is 36.0 Å². The smallest absolute Gasteiger partial charge is 0.126 e. The molecule has 1 nitrogen and oxygen atoms in total. The Morgan fingerprint density at radius 1 is 0.955 bits per heavy atom. The zero-order chi connectivity index (χ0) is 15.4. The minimum Gasteiger partial charge on any atom is -0.488 e. The Labute approximate surface area is 138 Å². The number of ether oxygens (including phenoxy) is 1. The number of benzene rings is 1. The van der Waals surface area contributed by atoms with E-state index >= 15 is 0 Å². The van der Waals surface area contributed by atoms with Crippen LogP contribution in [0.2, 0.25) is 0 Å². The second kappa shape index (κ2) is 8.12. The van der Waals surface area contributed by atoms with Crippen LogP contribution in [0.4, 0.5) is 0 Å². The summed E-state index contributed by atoms with van der Waals surface area (Å²) in [6.45, 7) is 5.81. The van der Waals surface area contributed by atoms with Crippen molar-refractivity contribution in [3.05, 3.63) is 29.8 Å². The van der Waals surface area contributed by atoms with Crippen LogP contribution in [0.25, 0.3) is 0 Å². The van der Waals surface area contributed by atoms with Crippen LogP contribution in [0.5, 0.6) is 5.75 Å². The van der Waals surface area contributed by atoms with Crippen LogP contribution in [0.15, 0.2) is 24.3 Å². The Bertz CT molecular complexity index is 433. The summed E-state index contributed by atoms with van der Waals surface area (Å²) in [4.78, 5) is 0. The molecule has 2 fully saturated rings. The first-order valence-electron chi connectivity index (χ1n) is 8.93. The Hall–Kier alpha value is -0.120. The lowest BCUT2D eigenvalue weighted by Gasteiger charge is -2.21. The quantitative estimate of drug-likeness (QED) is 0.625. The minimum atomic E-state index is 0.475. The van der Waals surface area contributed by atoms with E-state index in [2.05, 4.69) is 19.9 Å². The molecule has 4 atom stereocenters. The van der Waals surface area contributed by atoms with Crippen LogP contribution < -0.4 is 4.74 Å². The minimum absolute atomic E-state index is 0.475. The van der Waals surface area contributed by atoms with Crippen molar-refractivity contribution in [3.63, 3.8) is 0 Å². The number of hydrogen-bond acceptors (Lipinski definition) is 1. The molecule has 4 rings (SSSR count). The molecule has 3 heteroatoms. The van der Waals surface area contributed by atoms with Gasteiger partial charge in [0, 0.05) is 5.56 Å². The van der Waals surface area contributed by atoms with Crippen molar-refractivity contribution in [1.29, 1.82) is 0 Å². The van der Waals surface area contributed by atoms with Crippen molar-refractivity contribution >= 4 is 15.8 Å². The van der Waals surface area contributed by atoms with Gasteiger partial charge in [0.1, 0.15) is 12.4 Å². The first kappa shape index (κ1) is 16.7. The molecule has 0 amide bonds. The van der Waals surface area contributed by atoms with E-state index in [0.717, 1.165) is 23.7 Å². The van der Waals surface area contributed by atoms with Gasteiger partial charge < -0.3 is 4.74 Å². The van der Waals surface area contributed by atoms with E-state index in [9.17, 15) is 0 Å². The fourth-order valence-electron chi connectivity index (χ4n) is 3.75. The average Bonchev–Trinajstić information content (AvgIpc) is 3.08. The van der Waals surface area contributed by atoms with Crippen LogP contribution in [0.3, 0.4) is 0 Å². The monoisotopic (exact) mass is 336 g/mol. The molecule has 0 aliphatic carbocycles. The molecule has 3 aliphatic rings. The largest absolute Gasteiger partial charge is 0.488 e. The fraction of sp³-hybridized carbons (Fsp3) is 0.684. The summed E-state index contributed by atoms with van der Waals surface area (Å²) in [6, 6.07) is 8.08. The highest BCUT2D eigenvalue weighted by Gasteiger charge is 2.26. The van der Waals surface area contributed by atoms with Gasteiger partial charge in [-0.2, -0.15) is 0 Å². The number of para-hydroxylation sites is 1. The van der Waals surface area contributed by atoms with E-state index in [0.29, 0.717) is 15.8 Å². The average molecular weight is 336 g/mol. The Morgan fingerprint density at radius 2 is 1.55 bits per heavy atom. The van der Waals surface area contributed by atoms with Crippen molar-refractivity contribution in [2.75, 3.05) is 24.6 Å². The molecule has 2 saturated heterocycles. The Morgan fingerprint density at radius 3 is 1.86 bits per heavy atom. The third kappa shape index (κ3) is 4.24. The first-order chi connectivity index (χ1) is 10.7. The van der Waals surface area contributed by atoms with Gasteiger partial charge in [0.15, 0.2) is 0 Å². The molecule has 0 radical (unpaired) electrons. The number of rotatable bonds is 3. The zero-order valence-corrected chi connectivity index (χ0v) is 15.9. The molecule has 0 spiro atoms. The van der Waals surface area contributed by atoms with Crippen LogP contribution in [-0.2, 0) is 6.61 Å². The summed E-state index contributed by atoms with van der Waals surface area (Å²) in [5.74, 6) is 1.05. The number of fused-ring (bicyclic) bond motifs is 1. The highest BCUT2D eigenvalue weighted by molar-refractivity contribution is 7.62. The summed E-state index contributed by atoms with van der Waals surface area (Å²) in [6.07, 6.45) is 12.6. The van der Waals surface area contributed by atoms with Crippen molar-refractivity contribution in [1.82, 2.24) is 0 Å². The molecular weight excluding hydrogens is 306 g/mol. The highest BCUT2D eigenvalue weighted by atomic mass is 31.1. The molecule has 22 heavy (non-hydrogen) atoms. The van der Waals surface area contributed by atoms with E-state index < -0.39 is 0 Å². The maximum atomic E-state index is 5.08. The molecule has 0 saturated carbocycles. The molecule has 0 N–H and O–H groups in total. The van der Waals surface area contributed by atoms with Crippen molar-refractivity contribution in [2.24, 2.45) is 0 Å². The predicted molar refractivity (Wildman–Crippen MR) is 101 cm³/mol. The summed E-state index contributed by atoms with van der Waals surface area (Å²) in [5.41, 5.74) is 3.54. The molecule has 3 aliphatic heterocycles. The van der Waals surface area contributed by atoms with Crippen molar-refractivity contribution < 1.29 is 4.74 Å². The first-order valence-corrected chi connectivity index (χ1v) is 12.5. The van der Waals surface area contributed by atoms with Crippen LogP contribution >= 0.6 is 15.8 Å². The lowest BCUT2D eigenvalue weighted by molar-refractivity contribution is 0.243. The lowest BCUT2D eigenvalue weighted by Crippen LogP contribution is -2.07. The van der Waals surface area contributed by atoms with Gasteiger partial charge in [-0.15, -0.1) is 15.8 Å². The second-order valence-corrected chi connectivity index (χ2v) is 12.9. The number of hydrogen-bond donors (Lipinski definition) is 0.